The van der Waals surface area contributed by atoms with E-state index in [1.165, 1.54) is 4.31 Å². The van der Waals surface area contributed by atoms with Crippen molar-refractivity contribution in [2.45, 2.75) is 20.8 Å². The van der Waals surface area contributed by atoms with Gasteiger partial charge < -0.3 is 10.5 Å². The number of ether oxygens (including phenoxy) is 1. The van der Waals surface area contributed by atoms with Crippen LogP contribution in [0, 0.1) is 5.92 Å². The average molecular weight is 300 g/mol. The molecule has 1 aromatic carbocycles. The molecule has 0 unspecified atom stereocenters. The lowest BCUT2D eigenvalue weighted by molar-refractivity contribution is 0.330. The number of sulfonamides is 1. The molecule has 0 saturated heterocycles. The highest BCUT2D eigenvalue weighted by Gasteiger charge is 2.21. The molecule has 0 aliphatic carbocycles. The molecule has 0 spiro atoms. The van der Waals surface area contributed by atoms with Crippen molar-refractivity contribution in [3.8, 4) is 5.75 Å². The van der Waals surface area contributed by atoms with E-state index in [9.17, 15) is 8.42 Å². The molecule has 0 radical (unpaired) electrons. The Hall–Kier alpha value is -1.27. The van der Waals surface area contributed by atoms with Crippen LogP contribution in [0.15, 0.2) is 24.3 Å². The molecule has 0 fully saturated rings. The highest BCUT2D eigenvalue weighted by atomic mass is 32.2. The first-order valence-corrected chi connectivity index (χ1v) is 8.42. The predicted octanol–water partition coefficient (Wildman–Crippen LogP) is 1.96. The second-order valence-electron chi connectivity index (χ2n) is 5.08. The fourth-order valence-electron chi connectivity index (χ4n) is 1.80. The summed E-state index contributed by atoms with van der Waals surface area (Å²) < 4.78 is 31.3. The van der Waals surface area contributed by atoms with Gasteiger partial charge >= 0.3 is 0 Å². The van der Waals surface area contributed by atoms with E-state index in [-0.39, 0.29) is 12.4 Å². The van der Waals surface area contributed by atoms with Gasteiger partial charge in [-0.25, -0.2) is 12.7 Å². The summed E-state index contributed by atoms with van der Waals surface area (Å²) in [4.78, 5) is 0. The zero-order valence-electron chi connectivity index (χ0n) is 12.4. The van der Waals surface area contributed by atoms with E-state index in [2.05, 4.69) is 0 Å². The van der Waals surface area contributed by atoms with Gasteiger partial charge in [0, 0.05) is 18.8 Å². The SMILES string of the molecule is CCN(CC(C)C)S(=O)(=O)CCOc1ccc(N)cc1. The van der Waals surface area contributed by atoms with Crippen molar-refractivity contribution in [2.24, 2.45) is 5.92 Å². The molecule has 0 amide bonds. The quantitative estimate of drug-likeness (QED) is 0.745. The summed E-state index contributed by atoms with van der Waals surface area (Å²) in [6, 6.07) is 6.91. The summed E-state index contributed by atoms with van der Waals surface area (Å²) in [5, 5.41) is 0. The molecule has 0 bridgehead atoms. The minimum atomic E-state index is -3.26. The molecule has 20 heavy (non-hydrogen) atoms. The summed E-state index contributed by atoms with van der Waals surface area (Å²) in [7, 11) is -3.26. The third-order valence-corrected chi connectivity index (χ3v) is 4.68. The van der Waals surface area contributed by atoms with Crippen LogP contribution in [0.3, 0.4) is 0 Å². The molecule has 1 aromatic rings. The minimum Gasteiger partial charge on any atom is -0.492 e. The fraction of sp³-hybridized carbons (Fsp3) is 0.571. The van der Waals surface area contributed by atoms with Crippen LogP contribution < -0.4 is 10.5 Å². The highest BCUT2D eigenvalue weighted by molar-refractivity contribution is 7.89. The van der Waals surface area contributed by atoms with E-state index in [1.807, 2.05) is 20.8 Å². The molecule has 0 atom stereocenters. The van der Waals surface area contributed by atoms with E-state index in [1.54, 1.807) is 24.3 Å². The van der Waals surface area contributed by atoms with Crippen LogP contribution in [-0.2, 0) is 10.0 Å². The maximum atomic E-state index is 12.2. The normalized spacial score (nSPS) is 12.1. The van der Waals surface area contributed by atoms with E-state index in [0.717, 1.165) is 0 Å². The second-order valence-corrected chi connectivity index (χ2v) is 7.17. The Morgan fingerprint density at radius 3 is 2.35 bits per heavy atom. The van der Waals surface area contributed by atoms with Gasteiger partial charge in [0.2, 0.25) is 10.0 Å². The molecule has 114 valence electrons. The first kappa shape index (κ1) is 16.8. The summed E-state index contributed by atoms with van der Waals surface area (Å²) in [5.74, 6) is 0.918. The van der Waals surface area contributed by atoms with E-state index in [0.29, 0.717) is 30.4 Å². The van der Waals surface area contributed by atoms with Crippen LogP contribution in [0.2, 0.25) is 0 Å². The van der Waals surface area contributed by atoms with Crippen LogP contribution in [0.5, 0.6) is 5.75 Å². The number of rotatable bonds is 8. The van der Waals surface area contributed by atoms with Crippen molar-refractivity contribution < 1.29 is 13.2 Å². The number of hydrogen-bond donors (Lipinski definition) is 1. The number of nitrogens with zero attached hydrogens (tertiary/aromatic N) is 1. The first-order valence-electron chi connectivity index (χ1n) is 6.81. The standard InChI is InChI=1S/C14H24N2O3S/c1-4-16(11-12(2)3)20(17,18)10-9-19-14-7-5-13(15)6-8-14/h5-8,12H,4,9-11,15H2,1-3H3. The van der Waals surface area contributed by atoms with Crippen molar-refractivity contribution in [1.29, 1.82) is 0 Å². The largest absolute Gasteiger partial charge is 0.492 e. The van der Waals surface area contributed by atoms with E-state index in [4.69, 9.17) is 10.5 Å². The summed E-state index contributed by atoms with van der Waals surface area (Å²) in [5.41, 5.74) is 6.22. The van der Waals surface area contributed by atoms with Gasteiger partial charge in [-0.05, 0) is 30.2 Å². The third-order valence-electron chi connectivity index (χ3n) is 2.80. The number of nitrogens with two attached hydrogens (primary N) is 1. The van der Waals surface area contributed by atoms with Crippen LogP contribution in [-0.4, -0.2) is 38.2 Å². The Morgan fingerprint density at radius 1 is 1.25 bits per heavy atom. The van der Waals surface area contributed by atoms with Gasteiger partial charge in [0.05, 0.1) is 5.75 Å². The zero-order chi connectivity index (χ0) is 15.2. The molecular weight excluding hydrogens is 276 g/mol. The van der Waals surface area contributed by atoms with Crippen molar-refractivity contribution in [2.75, 3.05) is 31.2 Å². The Labute approximate surface area is 121 Å². The van der Waals surface area contributed by atoms with Crippen molar-refractivity contribution in [3.05, 3.63) is 24.3 Å². The van der Waals surface area contributed by atoms with Gasteiger partial charge in [-0.15, -0.1) is 0 Å². The lowest BCUT2D eigenvalue weighted by Crippen LogP contribution is -2.37. The molecule has 5 nitrogen and oxygen atoms in total. The second kappa shape index (κ2) is 7.50. The number of benzene rings is 1. The number of anilines is 1. The Morgan fingerprint density at radius 2 is 1.85 bits per heavy atom. The molecule has 0 heterocycles. The smallest absolute Gasteiger partial charge is 0.217 e. The monoisotopic (exact) mass is 300 g/mol. The topological polar surface area (TPSA) is 72.6 Å². The zero-order valence-corrected chi connectivity index (χ0v) is 13.2. The summed E-state index contributed by atoms with van der Waals surface area (Å²) in [6.45, 7) is 7.02. The van der Waals surface area contributed by atoms with Gasteiger partial charge in [-0.2, -0.15) is 0 Å². The molecule has 1 rings (SSSR count). The van der Waals surface area contributed by atoms with Gasteiger partial charge in [0.15, 0.2) is 0 Å². The maximum Gasteiger partial charge on any atom is 0.217 e. The van der Waals surface area contributed by atoms with E-state index < -0.39 is 10.0 Å². The molecule has 2 N–H and O–H groups in total. The highest BCUT2D eigenvalue weighted by Crippen LogP contribution is 2.13. The predicted molar refractivity (Wildman–Crippen MR) is 82.2 cm³/mol. The lowest BCUT2D eigenvalue weighted by atomic mass is 10.2. The van der Waals surface area contributed by atoms with Gasteiger partial charge in [-0.3, -0.25) is 0 Å². The molecular formula is C14H24N2O3S. The number of hydrogen-bond acceptors (Lipinski definition) is 4. The number of nitrogen functional groups attached to an aromatic ring is 1. The molecule has 0 aromatic heterocycles. The van der Waals surface area contributed by atoms with Gasteiger partial charge in [0.1, 0.15) is 12.4 Å². The fourth-order valence-corrected chi connectivity index (χ4v) is 3.28. The lowest BCUT2D eigenvalue weighted by Gasteiger charge is -2.22. The van der Waals surface area contributed by atoms with Gasteiger partial charge in [0.25, 0.3) is 0 Å². The van der Waals surface area contributed by atoms with Gasteiger partial charge in [-0.1, -0.05) is 20.8 Å². The summed E-state index contributed by atoms with van der Waals surface area (Å²) >= 11 is 0. The van der Waals surface area contributed by atoms with Crippen molar-refractivity contribution >= 4 is 15.7 Å². The third kappa shape index (κ3) is 5.38. The van der Waals surface area contributed by atoms with Crippen molar-refractivity contribution in [3.63, 3.8) is 0 Å². The molecule has 6 heteroatoms. The molecule has 0 aliphatic rings. The Balaban J connectivity index is 2.52. The van der Waals surface area contributed by atoms with Crippen LogP contribution in [0.1, 0.15) is 20.8 Å². The van der Waals surface area contributed by atoms with Crippen LogP contribution in [0.25, 0.3) is 0 Å². The summed E-state index contributed by atoms with van der Waals surface area (Å²) in [6.07, 6.45) is 0. The van der Waals surface area contributed by atoms with Crippen LogP contribution >= 0.6 is 0 Å². The van der Waals surface area contributed by atoms with Crippen LogP contribution in [0.4, 0.5) is 5.69 Å². The van der Waals surface area contributed by atoms with E-state index >= 15 is 0 Å². The van der Waals surface area contributed by atoms with Crippen molar-refractivity contribution in [1.82, 2.24) is 4.31 Å². The first-order chi connectivity index (χ1) is 9.35. The Bertz CT molecular complexity index is 498. The maximum absolute atomic E-state index is 12.2. The molecule has 0 aliphatic heterocycles. The minimum absolute atomic E-state index is 0.0159. The Kier molecular flexibility index (Phi) is 6.29. The molecule has 0 saturated carbocycles. The average Bonchev–Trinajstić information content (AvgIpc) is 2.37.